The molecule has 1 aromatic rings. The fourth-order valence-corrected chi connectivity index (χ4v) is 3.59. The predicted molar refractivity (Wildman–Crippen MR) is 103 cm³/mol. The first-order valence-corrected chi connectivity index (χ1v) is 9.57. The molecule has 0 N–H and O–H groups in total. The Morgan fingerprint density at radius 3 is 2.46 bits per heavy atom. The fourth-order valence-electron chi connectivity index (χ4n) is 3.59. The zero-order chi connectivity index (χ0) is 18.7. The van der Waals surface area contributed by atoms with E-state index < -0.39 is 0 Å². The second-order valence-corrected chi connectivity index (χ2v) is 8.16. The number of allylic oxidation sites excluding steroid dienone is 1. The molecule has 0 spiro atoms. The lowest BCUT2D eigenvalue weighted by molar-refractivity contribution is -0.0690. The van der Waals surface area contributed by atoms with Crippen LogP contribution < -0.4 is 0 Å². The van der Waals surface area contributed by atoms with Gasteiger partial charge in [0.15, 0.2) is 0 Å². The van der Waals surface area contributed by atoms with Crippen LogP contribution >= 0.6 is 0 Å². The molecule has 1 aliphatic heterocycles. The number of rotatable bonds is 4. The van der Waals surface area contributed by atoms with Crippen LogP contribution in [0, 0.1) is 12.3 Å². The molecule has 0 unspecified atom stereocenters. The van der Waals surface area contributed by atoms with E-state index in [0.29, 0.717) is 25.6 Å². The monoisotopic (exact) mass is 356 g/mol. The third-order valence-corrected chi connectivity index (χ3v) is 4.84. The highest BCUT2D eigenvalue weighted by Crippen LogP contribution is 2.41. The van der Waals surface area contributed by atoms with Gasteiger partial charge in [0.2, 0.25) is 0 Å². The molecule has 26 heavy (non-hydrogen) atoms. The molecule has 1 aliphatic carbocycles. The maximum absolute atomic E-state index is 12.7. The zero-order valence-electron chi connectivity index (χ0n) is 16.3. The van der Waals surface area contributed by atoms with Crippen LogP contribution in [0.1, 0.15) is 46.1 Å². The van der Waals surface area contributed by atoms with Gasteiger partial charge in [-0.25, -0.2) is 4.79 Å². The van der Waals surface area contributed by atoms with Crippen molar-refractivity contribution in [3.8, 4) is 0 Å². The van der Waals surface area contributed by atoms with Crippen LogP contribution in [0.5, 0.6) is 0 Å². The highest BCUT2D eigenvalue weighted by atomic mass is 16.6. The number of hydrogen-bond acceptors (Lipinski definition) is 3. The molecule has 141 valence electrons. The summed E-state index contributed by atoms with van der Waals surface area (Å²) in [6, 6.07) is 9.80. The first-order valence-electron chi connectivity index (χ1n) is 9.57. The largest absolute Gasteiger partial charge is 0.445 e. The van der Waals surface area contributed by atoms with E-state index in [4.69, 9.17) is 9.47 Å². The van der Waals surface area contributed by atoms with Gasteiger partial charge in [0.05, 0.1) is 18.2 Å². The Morgan fingerprint density at radius 2 is 1.88 bits per heavy atom. The smallest absolute Gasteiger partial charge is 0.410 e. The minimum atomic E-state index is -0.251. The van der Waals surface area contributed by atoms with Crippen LogP contribution in [-0.2, 0) is 16.1 Å². The first-order chi connectivity index (χ1) is 12.4. The van der Waals surface area contributed by atoms with E-state index in [0.717, 1.165) is 18.4 Å². The number of hydrogen-bond donors (Lipinski definition) is 0. The minimum Gasteiger partial charge on any atom is -0.445 e. The van der Waals surface area contributed by atoms with Crippen LogP contribution in [0.25, 0.3) is 0 Å². The van der Waals surface area contributed by atoms with Crippen molar-refractivity contribution in [1.82, 2.24) is 4.90 Å². The number of benzene rings is 1. The van der Waals surface area contributed by atoms with Crippen molar-refractivity contribution in [1.29, 1.82) is 0 Å². The van der Waals surface area contributed by atoms with E-state index in [-0.39, 0.29) is 17.8 Å². The summed E-state index contributed by atoms with van der Waals surface area (Å²) in [4.78, 5) is 14.5. The van der Waals surface area contributed by atoms with Crippen LogP contribution in [0.3, 0.4) is 0 Å². The number of nitrogens with zero attached hydrogens (tertiary/aromatic N) is 1. The van der Waals surface area contributed by atoms with E-state index in [1.807, 2.05) is 35.2 Å². The Morgan fingerprint density at radius 1 is 1.19 bits per heavy atom. The Hall–Kier alpha value is -1.81. The molecule has 1 amide bonds. The standard InChI is InChI=1S/C22H30NO3/c1-5-17-13-23(21(24)25-15-16-9-7-6-8-10-16)14-19(26-22(2,3)4)20(17)18-11-12-18/h6-11,17,19H,5,12-15H2,1-4H3/t17-,19-/m0/s1. The number of carbonyl (C=O) groups is 1. The van der Waals surface area contributed by atoms with Gasteiger partial charge in [-0.1, -0.05) is 42.8 Å². The SMILES string of the molecule is CC[C@H]1CN(C(=O)OCc2ccccc2)C[C@H](OC(C)(C)C)C1=C1[CH]C1. The molecule has 1 aromatic carbocycles. The summed E-state index contributed by atoms with van der Waals surface area (Å²) < 4.78 is 11.9. The highest BCUT2D eigenvalue weighted by Gasteiger charge is 2.39. The number of amides is 1. The van der Waals surface area contributed by atoms with Gasteiger partial charge in [0.1, 0.15) is 6.61 Å². The van der Waals surface area contributed by atoms with Gasteiger partial charge in [-0.05, 0) is 51.2 Å². The van der Waals surface area contributed by atoms with Crippen LogP contribution in [-0.4, -0.2) is 35.8 Å². The van der Waals surface area contributed by atoms with Gasteiger partial charge in [-0.2, -0.15) is 0 Å². The summed E-state index contributed by atoms with van der Waals surface area (Å²) in [6.07, 6.45) is 4.03. The molecular formula is C22H30NO3. The van der Waals surface area contributed by atoms with Crippen molar-refractivity contribution in [2.24, 2.45) is 5.92 Å². The molecule has 2 aliphatic rings. The lowest BCUT2D eigenvalue weighted by Crippen LogP contribution is -2.50. The number of piperidine rings is 1. The van der Waals surface area contributed by atoms with Gasteiger partial charge < -0.3 is 14.4 Å². The molecule has 2 atom stereocenters. The van der Waals surface area contributed by atoms with Gasteiger partial charge >= 0.3 is 6.09 Å². The molecule has 1 saturated heterocycles. The third kappa shape index (κ3) is 4.88. The van der Waals surface area contributed by atoms with E-state index >= 15 is 0 Å². The Bertz CT molecular complexity index is 654. The molecule has 1 heterocycles. The summed E-state index contributed by atoms with van der Waals surface area (Å²) in [5.74, 6) is 0.342. The molecule has 3 rings (SSSR count). The zero-order valence-corrected chi connectivity index (χ0v) is 16.3. The summed E-state index contributed by atoms with van der Waals surface area (Å²) in [5, 5.41) is 0. The Balaban J connectivity index is 1.70. The quantitative estimate of drug-likeness (QED) is 0.781. The van der Waals surface area contributed by atoms with Gasteiger partial charge in [-0.3, -0.25) is 0 Å². The van der Waals surface area contributed by atoms with Gasteiger partial charge in [0, 0.05) is 12.5 Å². The van der Waals surface area contributed by atoms with Crippen molar-refractivity contribution in [3.63, 3.8) is 0 Å². The van der Waals surface area contributed by atoms with Crippen LogP contribution in [0.15, 0.2) is 41.5 Å². The van der Waals surface area contributed by atoms with Gasteiger partial charge in [-0.15, -0.1) is 0 Å². The maximum atomic E-state index is 12.7. The number of likely N-dealkylation sites (tertiary alicyclic amines) is 1. The maximum Gasteiger partial charge on any atom is 0.410 e. The second-order valence-electron chi connectivity index (χ2n) is 8.16. The average molecular weight is 356 g/mol. The Labute approximate surface area is 157 Å². The van der Waals surface area contributed by atoms with Crippen LogP contribution in [0.2, 0.25) is 0 Å². The second kappa shape index (κ2) is 7.83. The van der Waals surface area contributed by atoms with E-state index in [9.17, 15) is 4.79 Å². The highest BCUT2D eigenvalue weighted by molar-refractivity contribution is 5.68. The molecule has 0 bridgehead atoms. The normalized spacial score (nSPS) is 25.9. The molecule has 2 fully saturated rings. The van der Waals surface area contributed by atoms with Crippen LogP contribution in [0.4, 0.5) is 4.79 Å². The summed E-state index contributed by atoms with van der Waals surface area (Å²) in [5.41, 5.74) is 3.57. The van der Waals surface area contributed by atoms with E-state index in [1.54, 1.807) is 0 Å². The lowest BCUT2D eigenvalue weighted by Gasteiger charge is -2.41. The van der Waals surface area contributed by atoms with E-state index in [2.05, 4.69) is 34.1 Å². The number of ether oxygens (including phenoxy) is 2. The molecular weight excluding hydrogens is 326 g/mol. The first kappa shape index (κ1) is 19.0. The number of carbonyl (C=O) groups excluding carboxylic acids is 1. The van der Waals surface area contributed by atoms with Crippen molar-refractivity contribution < 1.29 is 14.3 Å². The third-order valence-electron chi connectivity index (χ3n) is 4.84. The molecule has 0 aromatic heterocycles. The van der Waals surface area contributed by atoms with Gasteiger partial charge in [0.25, 0.3) is 0 Å². The minimum absolute atomic E-state index is 0.0493. The Kier molecular flexibility index (Phi) is 5.71. The van der Waals surface area contributed by atoms with Crippen molar-refractivity contribution in [2.75, 3.05) is 13.1 Å². The fraction of sp³-hybridized carbons (Fsp3) is 0.545. The van der Waals surface area contributed by atoms with Crippen molar-refractivity contribution in [2.45, 2.75) is 58.8 Å². The summed E-state index contributed by atoms with van der Waals surface area (Å²) >= 11 is 0. The topological polar surface area (TPSA) is 38.8 Å². The molecule has 1 radical (unpaired) electrons. The summed E-state index contributed by atoms with van der Waals surface area (Å²) in [6.45, 7) is 9.97. The van der Waals surface area contributed by atoms with Crippen molar-refractivity contribution in [3.05, 3.63) is 53.5 Å². The lowest BCUT2D eigenvalue weighted by atomic mass is 9.86. The predicted octanol–water partition coefficient (Wildman–Crippen LogP) is 4.75. The van der Waals surface area contributed by atoms with Crippen molar-refractivity contribution >= 4 is 6.09 Å². The molecule has 4 heteroatoms. The van der Waals surface area contributed by atoms with E-state index in [1.165, 1.54) is 11.1 Å². The average Bonchev–Trinajstić information content (AvgIpc) is 3.43. The molecule has 1 saturated carbocycles. The summed E-state index contributed by atoms with van der Waals surface area (Å²) in [7, 11) is 0. The molecule has 4 nitrogen and oxygen atoms in total.